The van der Waals surface area contributed by atoms with Crippen molar-refractivity contribution in [1.29, 1.82) is 0 Å². The number of aromatic nitrogens is 1. The first-order valence-electron chi connectivity index (χ1n) is 6.64. The van der Waals surface area contributed by atoms with E-state index in [1.165, 1.54) is 0 Å². The molecule has 1 atom stereocenters. The molecule has 2 N–H and O–H groups in total. The summed E-state index contributed by atoms with van der Waals surface area (Å²) in [6, 6.07) is 17.2. The first kappa shape index (κ1) is 12.6. The molecule has 0 radical (unpaired) electrons. The standard InChI is InChI=1S/C17H16N2O/c1-12(18)15-11-14-9-5-6-10-19(14)17(20)16(15)13-7-3-2-4-8-13/h2-12H,18H2,1H3. The summed E-state index contributed by atoms with van der Waals surface area (Å²) in [6.07, 6.45) is 1.79. The van der Waals surface area contributed by atoms with Crippen LogP contribution in [-0.2, 0) is 0 Å². The molecule has 0 spiro atoms. The molecule has 0 bridgehead atoms. The summed E-state index contributed by atoms with van der Waals surface area (Å²) >= 11 is 0. The highest BCUT2D eigenvalue weighted by molar-refractivity contribution is 5.70. The number of hydrogen-bond donors (Lipinski definition) is 1. The summed E-state index contributed by atoms with van der Waals surface area (Å²) in [5.41, 5.74) is 9.37. The SMILES string of the molecule is CC(N)c1cc2ccccn2c(=O)c1-c1ccccc1. The van der Waals surface area contributed by atoms with Crippen LogP contribution in [0.3, 0.4) is 0 Å². The van der Waals surface area contributed by atoms with Crippen LogP contribution in [0.1, 0.15) is 18.5 Å². The first-order valence-corrected chi connectivity index (χ1v) is 6.64. The van der Waals surface area contributed by atoms with E-state index in [1.807, 2.05) is 61.5 Å². The third-order valence-electron chi connectivity index (χ3n) is 3.47. The van der Waals surface area contributed by atoms with Crippen molar-refractivity contribution in [3.05, 3.63) is 76.7 Å². The van der Waals surface area contributed by atoms with Crippen molar-refractivity contribution in [1.82, 2.24) is 4.40 Å². The van der Waals surface area contributed by atoms with Crippen molar-refractivity contribution in [3.63, 3.8) is 0 Å². The lowest BCUT2D eigenvalue weighted by Crippen LogP contribution is -2.20. The average molecular weight is 264 g/mol. The molecule has 0 aliphatic carbocycles. The van der Waals surface area contributed by atoms with Crippen LogP contribution in [0.5, 0.6) is 0 Å². The molecule has 1 aromatic carbocycles. The third-order valence-corrected chi connectivity index (χ3v) is 3.47. The fourth-order valence-electron chi connectivity index (χ4n) is 2.49. The van der Waals surface area contributed by atoms with Gasteiger partial charge in [0.15, 0.2) is 0 Å². The van der Waals surface area contributed by atoms with E-state index in [4.69, 9.17) is 5.73 Å². The number of rotatable bonds is 2. The van der Waals surface area contributed by atoms with Crippen molar-refractivity contribution in [2.45, 2.75) is 13.0 Å². The van der Waals surface area contributed by atoms with Gasteiger partial charge in [0, 0.05) is 17.8 Å². The van der Waals surface area contributed by atoms with Crippen molar-refractivity contribution in [2.75, 3.05) is 0 Å². The fourth-order valence-corrected chi connectivity index (χ4v) is 2.49. The highest BCUT2D eigenvalue weighted by atomic mass is 16.1. The van der Waals surface area contributed by atoms with Gasteiger partial charge in [0.05, 0.1) is 5.56 Å². The minimum atomic E-state index is -0.192. The molecule has 0 saturated heterocycles. The molecular weight excluding hydrogens is 248 g/mol. The number of nitrogens with two attached hydrogens (primary N) is 1. The Balaban J connectivity index is 2.43. The quantitative estimate of drug-likeness (QED) is 0.773. The molecule has 0 aliphatic rings. The highest BCUT2D eigenvalue weighted by Gasteiger charge is 2.15. The van der Waals surface area contributed by atoms with E-state index in [2.05, 4.69) is 0 Å². The molecule has 0 amide bonds. The van der Waals surface area contributed by atoms with E-state index in [0.29, 0.717) is 5.56 Å². The molecule has 3 nitrogen and oxygen atoms in total. The summed E-state index contributed by atoms with van der Waals surface area (Å²) in [5, 5.41) is 0. The van der Waals surface area contributed by atoms with Crippen LogP contribution in [0.4, 0.5) is 0 Å². The van der Waals surface area contributed by atoms with Gasteiger partial charge in [-0.1, -0.05) is 36.4 Å². The monoisotopic (exact) mass is 264 g/mol. The van der Waals surface area contributed by atoms with Crippen molar-refractivity contribution >= 4 is 5.52 Å². The van der Waals surface area contributed by atoms with E-state index >= 15 is 0 Å². The average Bonchev–Trinajstić information content (AvgIpc) is 2.48. The number of benzene rings is 1. The number of nitrogens with zero attached hydrogens (tertiary/aromatic N) is 1. The molecule has 3 aromatic rings. The molecule has 0 saturated carbocycles. The van der Waals surface area contributed by atoms with Crippen molar-refractivity contribution < 1.29 is 0 Å². The highest BCUT2D eigenvalue weighted by Crippen LogP contribution is 2.25. The maximum absolute atomic E-state index is 12.8. The summed E-state index contributed by atoms with van der Waals surface area (Å²) in [4.78, 5) is 12.8. The van der Waals surface area contributed by atoms with Crippen molar-refractivity contribution in [2.24, 2.45) is 5.73 Å². The summed E-state index contributed by atoms with van der Waals surface area (Å²) < 4.78 is 1.66. The molecule has 1 unspecified atom stereocenters. The van der Waals surface area contributed by atoms with Crippen LogP contribution in [0.25, 0.3) is 16.6 Å². The van der Waals surface area contributed by atoms with E-state index in [9.17, 15) is 4.79 Å². The third kappa shape index (κ3) is 2.02. The summed E-state index contributed by atoms with van der Waals surface area (Å²) in [7, 11) is 0. The second-order valence-corrected chi connectivity index (χ2v) is 4.93. The van der Waals surface area contributed by atoms with Gasteiger partial charge < -0.3 is 5.73 Å². The van der Waals surface area contributed by atoms with Crippen LogP contribution in [-0.4, -0.2) is 4.40 Å². The Morgan fingerprint density at radius 3 is 2.45 bits per heavy atom. The Morgan fingerprint density at radius 1 is 1.05 bits per heavy atom. The van der Waals surface area contributed by atoms with Crippen LogP contribution < -0.4 is 11.3 Å². The Labute approximate surface area is 117 Å². The van der Waals surface area contributed by atoms with E-state index in [0.717, 1.165) is 16.6 Å². The van der Waals surface area contributed by atoms with Gasteiger partial charge >= 0.3 is 0 Å². The molecule has 100 valence electrons. The Morgan fingerprint density at radius 2 is 1.75 bits per heavy atom. The number of fused-ring (bicyclic) bond motifs is 1. The second kappa shape index (κ2) is 4.94. The Kier molecular flexibility index (Phi) is 3.12. The van der Waals surface area contributed by atoms with Crippen LogP contribution in [0.2, 0.25) is 0 Å². The van der Waals surface area contributed by atoms with Crippen LogP contribution in [0, 0.1) is 0 Å². The van der Waals surface area contributed by atoms with Crippen LogP contribution in [0.15, 0.2) is 65.6 Å². The van der Waals surface area contributed by atoms with E-state index < -0.39 is 0 Å². The lowest BCUT2D eigenvalue weighted by molar-refractivity contribution is 0.815. The van der Waals surface area contributed by atoms with Gasteiger partial charge in [-0.3, -0.25) is 9.20 Å². The molecule has 3 heteroatoms. The molecule has 2 heterocycles. The maximum atomic E-state index is 12.8. The normalized spacial score (nSPS) is 12.5. The number of hydrogen-bond acceptors (Lipinski definition) is 2. The Bertz CT molecular complexity index is 804. The zero-order valence-electron chi connectivity index (χ0n) is 11.3. The van der Waals surface area contributed by atoms with E-state index in [-0.39, 0.29) is 11.6 Å². The maximum Gasteiger partial charge on any atom is 0.263 e. The predicted octanol–water partition coefficient (Wildman–Crippen LogP) is 2.99. The van der Waals surface area contributed by atoms with Gasteiger partial charge in [-0.05, 0) is 36.2 Å². The fraction of sp³-hybridized carbons (Fsp3) is 0.118. The molecule has 3 rings (SSSR count). The Hall–Kier alpha value is -2.39. The molecule has 20 heavy (non-hydrogen) atoms. The minimum absolute atomic E-state index is 0.0263. The zero-order valence-corrected chi connectivity index (χ0v) is 11.3. The molecule has 2 aromatic heterocycles. The van der Waals surface area contributed by atoms with Gasteiger partial charge in [-0.25, -0.2) is 0 Å². The first-order chi connectivity index (χ1) is 9.68. The van der Waals surface area contributed by atoms with Gasteiger partial charge in [-0.2, -0.15) is 0 Å². The summed E-state index contributed by atoms with van der Waals surface area (Å²) in [5.74, 6) is 0. The lowest BCUT2D eigenvalue weighted by Gasteiger charge is -2.14. The van der Waals surface area contributed by atoms with Gasteiger partial charge in [0.1, 0.15) is 0 Å². The minimum Gasteiger partial charge on any atom is -0.324 e. The van der Waals surface area contributed by atoms with E-state index in [1.54, 1.807) is 10.6 Å². The smallest absolute Gasteiger partial charge is 0.263 e. The lowest BCUT2D eigenvalue weighted by atomic mass is 9.97. The number of pyridine rings is 2. The topological polar surface area (TPSA) is 47.5 Å². The van der Waals surface area contributed by atoms with Gasteiger partial charge in [0.25, 0.3) is 5.56 Å². The van der Waals surface area contributed by atoms with Gasteiger partial charge in [0.2, 0.25) is 0 Å². The molecular formula is C17H16N2O. The largest absolute Gasteiger partial charge is 0.324 e. The van der Waals surface area contributed by atoms with Gasteiger partial charge in [-0.15, -0.1) is 0 Å². The predicted molar refractivity (Wildman–Crippen MR) is 81.7 cm³/mol. The van der Waals surface area contributed by atoms with Crippen molar-refractivity contribution in [3.8, 4) is 11.1 Å². The summed E-state index contributed by atoms with van der Waals surface area (Å²) in [6.45, 7) is 1.90. The van der Waals surface area contributed by atoms with Crippen LogP contribution >= 0.6 is 0 Å². The second-order valence-electron chi connectivity index (χ2n) is 4.93. The molecule has 0 fully saturated rings. The zero-order chi connectivity index (χ0) is 14.1. The molecule has 0 aliphatic heterocycles.